The largest absolute Gasteiger partial charge is 0.388 e. The minimum Gasteiger partial charge on any atom is -0.388 e. The monoisotopic (exact) mass is 351 g/mol. The van der Waals surface area contributed by atoms with E-state index in [2.05, 4.69) is 28.5 Å². The first-order valence-corrected chi connectivity index (χ1v) is 8.50. The molecule has 1 unspecified atom stereocenters. The Morgan fingerprint density at radius 3 is 2.57 bits per heavy atom. The van der Waals surface area contributed by atoms with Crippen molar-refractivity contribution in [3.63, 3.8) is 0 Å². The smallest absolute Gasteiger partial charge is 0.0857 e. The Labute approximate surface area is 147 Å². The summed E-state index contributed by atoms with van der Waals surface area (Å²) in [6.45, 7) is 3.96. The van der Waals surface area contributed by atoms with E-state index >= 15 is 0 Å². The molecule has 0 aliphatic carbocycles. The first-order chi connectivity index (χ1) is 10.8. The van der Waals surface area contributed by atoms with E-state index in [9.17, 15) is 5.11 Å². The third-order valence-corrected chi connectivity index (χ3v) is 4.68. The van der Waals surface area contributed by atoms with Crippen molar-refractivity contribution >= 4 is 29.3 Å². The summed E-state index contributed by atoms with van der Waals surface area (Å²) in [5.41, 5.74) is 2.25. The van der Waals surface area contributed by atoms with Gasteiger partial charge in [0, 0.05) is 24.5 Å². The molecule has 1 aromatic carbocycles. The molecule has 1 atom stereocenters. The summed E-state index contributed by atoms with van der Waals surface area (Å²) in [7, 11) is 0. The van der Waals surface area contributed by atoms with E-state index in [0.29, 0.717) is 6.54 Å². The number of aliphatic hydroxyl groups excluding tert-OH is 1. The first-order valence-electron chi connectivity index (χ1n) is 7.62. The summed E-state index contributed by atoms with van der Waals surface area (Å²) in [6, 6.07) is 14.4. The fraction of sp³-hybridized carbons (Fsp3) is 0.333. The van der Waals surface area contributed by atoms with Gasteiger partial charge in [-0.3, -0.25) is 4.90 Å². The lowest BCUT2D eigenvalue weighted by Gasteiger charge is -2.28. The topological polar surface area (TPSA) is 32.7 Å². The summed E-state index contributed by atoms with van der Waals surface area (Å²) in [5, 5.41) is 12.5. The Morgan fingerprint density at radius 1 is 1.17 bits per heavy atom. The maximum atomic E-state index is 10.5. The molecule has 1 fully saturated rings. The highest BCUT2D eigenvalue weighted by Crippen LogP contribution is 2.27. The van der Waals surface area contributed by atoms with Crippen LogP contribution in [0.4, 0.5) is 0 Å². The zero-order valence-corrected chi connectivity index (χ0v) is 14.6. The van der Waals surface area contributed by atoms with Crippen molar-refractivity contribution in [2.45, 2.75) is 6.10 Å². The number of ether oxygens (including phenoxy) is 1. The maximum absolute atomic E-state index is 10.5. The average molecular weight is 352 g/mol. The molecule has 1 N–H and O–H groups in total. The molecule has 0 radical (unpaired) electrons. The molecule has 2 aromatic rings. The number of morpholine rings is 1. The Hall–Kier alpha value is -1.17. The second kappa shape index (κ2) is 9.21. The van der Waals surface area contributed by atoms with E-state index in [0.717, 1.165) is 37.4 Å². The van der Waals surface area contributed by atoms with Gasteiger partial charge in [0.15, 0.2) is 0 Å². The van der Waals surface area contributed by atoms with Crippen LogP contribution in [0, 0.1) is 0 Å². The van der Waals surface area contributed by atoms with Crippen molar-refractivity contribution in [1.29, 1.82) is 0 Å². The van der Waals surface area contributed by atoms with Crippen LogP contribution >= 0.6 is 23.7 Å². The van der Waals surface area contributed by atoms with Gasteiger partial charge in [-0.15, -0.1) is 23.7 Å². The number of thiophene rings is 1. The first kappa shape index (κ1) is 18.2. The molecule has 3 rings (SSSR count). The average Bonchev–Trinajstić information content (AvgIpc) is 3.08. The third kappa shape index (κ3) is 5.16. The minimum absolute atomic E-state index is 0. The molecule has 23 heavy (non-hydrogen) atoms. The molecule has 0 amide bonds. The SMILES string of the molecule is Cl.OC(/C=C(/c1ccccc1)c1cccs1)CN1CCOCC1. The Balaban J connectivity index is 0.00000192. The number of aliphatic hydroxyl groups is 1. The molecule has 3 nitrogen and oxygen atoms in total. The van der Waals surface area contributed by atoms with Crippen molar-refractivity contribution < 1.29 is 9.84 Å². The molecular weight excluding hydrogens is 330 g/mol. The summed E-state index contributed by atoms with van der Waals surface area (Å²) < 4.78 is 5.35. The quantitative estimate of drug-likeness (QED) is 0.897. The fourth-order valence-electron chi connectivity index (χ4n) is 2.66. The number of nitrogens with zero attached hydrogens (tertiary/aromatic N) is 1. The van der Waals surface area contributed by atoms with E-state index in [-0.39, 0.29) is 12.4 Å². The molecule has 5 heteroatoms. The van der Waals surface area contributed by atoms with Gasteiger partial charge in [-0.2, -0.15) is 0 Å². The van der Waals surface area contributed by atoms with E-state index in [1.54, 1.807) is 11.3 Å². The van der Waals surface area contributed by atoms with Gasteiger partial charge in [0.2, 0.25) is 0 Å². The molecule has 124 valence electrons. The van der Waals surface area contributed by atoms with Crippen LogP contribution in [0.3, 0.4) is 0 Å². The van der Waals surface area contributed by atoms with Gasteiger partial charge in [0.25, 0.3) is 0 Å². The highest BCUT2D eigenvalue weighted by molar-refractivity contribution is 7.11. The van der Waals surface area contributed by atoms with Crippen LogP contribution in [0.2, 0.25) is 0 Å². The van der Waals surface area contributed by atoms with E-state index in [4.69, 9.17) is 4.74 Å². The molecule has 0 spiro atoms. The van der Waals surface area contributed by atoms with Crippen molar-refractivity contribution in [1.82, 2.24) is 4.90 Å². The van der Waals surface area contributed by atoms with Crippen molar-refractivity contribution in [2.24, 2.45) is 0 Å². The maximum Gasteiger partial charge on any atom is 0.0857 e. The van der Waals surface area contributed by atoms with Crippen LogP contribution in [0.1, 0.15) is 10.4 Å². The van der Waals surface area contributed by atoms with Crippen LogP contribution < -0.4 is 0 Å². The predicted octanol–water partition coefficient (Wildman–Crippen LogP) is 3.29. The molecule has 0 saturated carbocycles. The zero-order valence-electron chi connectivity index (χ0n) is 12.9. The van der Waals surface area contributed by atoms with Crippen LogP contribution in [0.15, 0.2) is 53.9 Å². The van der Waals surface area contributed by atoms with Gasteiger partial charge >= 0.3 is 0 Å². The number of benzene rings is 1. The molecule has 1 aromatic heterocycles. The molecule has 1 aliphatic rings. The lowest BCUT2D eigenvalue weighted by Crippen LogP contribution is -2.40. The molecular formula is C18H22ClNO2S. The second-order valence-electron chi connectivity index (χ2n) is 5.40. The number of halogens is 1. The van der Waals surface area contributed by atoms with Gasteiger partial charge in [0.1, 0.15) is 0 Å². The van der Waals surface area contributed by atoms with Gasteiger partial charge in [-0.1, -0.05) is 36.4 Å². The van der Waals surface area contributed by atoms with Crippen LogP contribution in [-0.4, -0.2) is 49.0 Å². The molecule has 1 saturated heterocycles. The van der Waals surface area contributed by atoms with Gasteiger partial charge in [-0.05, 0) is 28.7 Å². The summed E-state index contributed by atoms with van der Waals surface area (Å²) in [4.78, 5) is 3.44. The number of hydrogen-bond donors (Lipinski definition) is 1. The zero-order chi connectivity index (χ0) is 15.2. The number of rotatable bonds is 5. The summed E-state index contributed by atoms with van der Waals surface area (Å²) in [5.74, 6) is 0. The molecule has 1 aliphatic heterocycles. The van der Waals surface area contributed by atoms with Crippen molar-refractivity contribution in [3.8, 4) is 0 Å². The summed E-state index contributed by atoms with van der Waals surface area (Å²) in [6.07, 6.45) is 1.51. The van der Waals surface area contributed by atoms with Crippen LogP contribution in [0.5, 0.6) is 0 Å². The minimum atomic E-state index is -0.476. The molecule has 0 bridgehead atoms. The molecule has 2 heterocycles. The Morgan fingerprint density at radius 2 is 1.91 bits per heavy atom. The standard InChI is InChI=1S/C18H21NO2S.ClH/c20-16(14-19-8-10-21-11-9-19)13-17(18-7-4-12-22-18)15-5-2-1-3-6-15;/h1-7,12-13,16,20H,8-11,14H2;1H/b17-13-;. The van der Waals surface area contributed by atoms with Crippen LogP contribution in [0.25, 0.3) is 5.57 Å². The second-order valence-corrected chi connectivity index (χ2v) is 6.35. The van der Waals surface area contributed by atoms with Gasteiger partial charge < -0.3 is 9.84 Å². The van der Waals surface area contributed by atoms with E-state index in [1.165, 1.54) is 4.88 Å². The predicted molar refractivity (Wildman–Crippen MR) is 98.4 cm³/mol. The Bertz CT molecular complexity index is 595. The Kier molecular flexibility index (Phi) is 7.27. The van der Waals surface area contributed by atoms with E-state index in [1.807, 2.05) is 30.3 Å². The van der Waals surface area contributed by atoms with E-state index < -0.39 is 6.10 Å². The van der Waals surface area contributed by atoms with Crippen LogP contribution in [-0.2, 0) is 4.74 Å². The van der Waals surface area contributed by atoms with Crippen molar-refractivity contribution in [3.05, 3.63) is 64.4 Å². The highest BCUT2D eigenvalue weighted by Gasteiger charge is 2.15. The van der Waals surface area contributed by atoms with Crippen molar-refractivity contribution in [2.75, 3.05) is 32.8 Å². The lowest BCUT2D eigenvalue weighted by molar-refractivity contribution is 0.0223. The number of hydrogen-bond acceptors (Lipinski definition) is 4. The fourth-order valence-corrected chi connectivity index (χ4v) is 3.44. The third-order valence-electron chi connectivity index (χ3n) is 3.78. The lowest BCUT2D eigenvalue weighted by atomic mass is 10.0. The normalized spacial score (nSPS) is 17.5. The number of β-amino-alcohol motifs (C(OH)–C–C–N with tert-alkyl or cyclic N) is 1. The summed E-state index contributed by atoms with van der Waals surface area (Å²) >= 11 is 1.70. The van der Waals surface area contributed by atoms with Gasteiger partial charge in [0.05, 0.1) is 19.3 Å². The van der Waals surface area contributed by atoms with Gasteiger partial charge in [-0.25, -0.2) is 0 Å². The highest BCUT2D eigenvalue weighted by atomic mass is 35.5.